The van der Waals surface area contributed by atoms with Gasteiger partial charge in [-0.15, -0.1) is 10.2 Å². The zero-order valence-corrected chi connectivity index (χ0v) is 14.0. The van der Waals surface area contributed by atoms with Crippen LogP contribution < -0.4 is 10.2 Å². The second-order valence-corrected chi connectivity index (χ2v) is 6.04. The molecule has 0 atom stereocenters. The Kier molecular flexibility index (Phi) is 4.93. The fraction of sp³-hybridized carbons (Fsp3) is 0.389. The Labute approximate surface area is 141 Å². The third-order valence-electron chi connectivity index (χ3n) is 4.25. The Morgan fingerprint density at radius 3 is 2.62 bits per heavy atom. The molecule has 0 radical (unpaired) electrons. The molecule has 6 nitrogen and oxygen atoms in total. The molecule has 1 aliphatic rings. The molecule has 2 heterocycles. The number of piperidine rings is 1. The van der Waals surface area contributed by atoms with Gasteiger partial charge < -0.3 is 15.0 Å². The maximum atomic E-state index is 11.4. The van der Waals surface area contributed by atoms with Gasteiger partial charge in [0.25, 0.3) is 0 Å². The molecule has 0 saturated carbocycles. The van der Waals surface area contributed by atoms with Crippen molar-refractivity contribution in [3.8, 4) is 0 Å². The van der Waals surface area contributed by atoms with Crippen molar-refractivity contribution in [2.75, 3.05) is 30.4 Å². The maximum Gasteiger partial charge on any atom is 0.358 e. The van der Waals surface area contributed by atoms with E-state index in [-0.39, 0.29) is 5.69 Å². The van der Waals surface area contributed by atoms with Gasteiger partial charge in [0.05, 0.1) is 7.11 Å². The van der Waals surface area contributed by atoms with Crippen LogP contribution in [0.15, 0.2) is 36.4 Å². The van der Waals surface area contributed by atoms with E-state index in [4.69, 9.17) is 0 Å². The largest absolute Gasteiger partial charge is 0.464 e. The van der Waals surface area contributed by atoms with Gasteiger partial charge in [-0.3, -0.25) is 0 Å². The zero-order chi connectivity index (χ0) is 16.9. The predicted octanol–water partition coefficient (Wildman–Crippen LogP) is 2.65. The van der Waals surface area contributed by atoms with Crippen LogP contribution in [-0.2, 0) is 4.74 Å². The first kappa shape index (κ1) is 16.2. The van der Waals surface area contributed by atoms with Crippen LogP contribution in [-0.4, -0.2) is 42.4 Å². The summed E-state index contributed by atoms with van der Waals surface area (Å²) in [5, 5.41) is 11.7. The Morgan fingerprint density at radius 1 is 1.21 bits per heavy atom. The third-order valence-corrected chi connectivity index (χ3v) is 4.25. The van der Waals surface area contributed by atoms with Crippen molar-refractivity contribution in [1.82, 2.24) is 10.2 Å². The Bertz CT molecular complexity index is 694. The lowest BCUT2D eigenvalue weighted by molar-refractivity contribution is 0.0592. The van der Waals surface area contributed by atoms with Crippen LogP contribution in [0, 0.1) is 6.92 Å². The molecule has 1 saturated heterocycles. The molecule has 24 heavy (non-hydrogen) atoms. The van der Waals surface area contributed by atoms with Gasteiger partial charge in [-0.05, 0) is 49.6 Å². The van der Waals surface area contributed by atoms with Gasteiger partial charge in [0.1, 0.15) is 0 Å². The monoisotopic (exact) mass is 326 g/mol. The van der Waals surface area contributed by atoms with Crippen molar-refractivity contribution in [3.05, 3.63) is 47.7 Å². The second kappa shape index (κ2) is 7.29. The number of aromatic nitrogens is 2. The van der Waals surface area contributed by atoms with Crippen molar-refractivity contribution < 1.29 is 9.53 Å². The lowest BCUT2D eigenvalue weighted by atomic mass is 10.0. The van der Waals surface area contributed by atoms with Crippen LogP contribution in [0.2, 0.25) is 0 Å². The van der Waals surface area contributed by atoms with Crippen LogP contribution in [0.3, 0.4) is 0 Å². The summed E-state index contributed by atoms with van der Waals surface area (Å²) in [6.45, 7) is 3.93. The molecule has 0 unspecified atom stereocenters. The number of carbonyl (C=O) groups excluding carboxylic acids is 1. The first-order chi connectivity index (χ1) is 11.7. The van der Waals surface area contributed by atoms with Crippen LogP contribution >= 0.6 is 0 Å². The normalized spacial score (nSPS) is 15.2. The molecule has 0 spiro atoms. The van der Waals surface area contributed by atoms with E-state index in [0.717, 1.165) is 31.7 Å². The van der Waals surface area contributed by atoms with Gasteiger partial charge >= 0.3 is 5.97 Å². The highest BCUT2D eigenvalue weighted by Crippen LogP contribution is 2.21. The van der Waals surface area contributed by atoms with Crippen molar-refractivity contribution in [2.24, 2.45) is 0 Å². The average Bonchev–Trinajstić information content (AvgIpc) is 2.62. The number of nitrogens with zero attached hydrogens (tertiary/aromatic N) is 3. The van der Waals surface area contributed by atoms with E-state index in [2.05, 4.69) is 56.3 Å². The molecule has 126 valence electrons. The molecule has 1 aromatic carbocycles. The number of aryl methyl sites for hydroxylation is 1. The SMILES string of the molecule is COC(=O)c1ccc(N2CCC(Nc3cccc(C)c3)CC2)nn1. The molecular weight excluding hydrogens is 304 g/mol. The fourth-order valence-electron chi connectivity index (χ4n) is 2.93. The first-order valence-corrected chi connectivity index (χ1v) is 8.16. The summed E-state index contributed by atoms with van der Waals surface area (Å²) in [6.07, 6.45) is 2.07. The number of esters is 1. The number of methoxy groups -OCH3 is 1. The number of benzene rings is 1. The number of hydrogen-bond acceptors (Lipinski definition) is 6. The first-order valence-electron chi connectivity index (χ1n) is 8.16. The van der Waals surface area contributed by atoms with Gasteiger partial charge in [0, 0.05) is 24.8 Å². The molecule has 1 aromatic heterocycles. The van der Waals surface area contributed by atoms with Gasteiger partial charge in [-0.1, -0.05) is 12.1 Å². The maximum absolute atomic E-state index is 11.4. The van der Waals surface area contributed by atoms with Crippen molar-refractivity contribution in [3.63, 3.8) is 0 Å². The number of carbonyl (C=O) groups is 1. The van der Waals surface area contributed by atoms with Gasteiger partial charge in [-0.2, -0.15) is 0 Å². The number of hydrogen-bond donors (Lipinski definition) is 1. The summed E-state index contributed by atoms with van der Waals surface area (Å²) in [7, 11) is 1.34. The van der Waals surface area contributed by atoms with Crippen LogP contribution in [0.5, 0.6) is 0 Å². The summed E-state index contributed by atoms with van der Waals surface area (Å²) < 4.78 is 4.64. The van der Waals surface area contributed by atoms with E-state index in [1.165, 1.54) is 18.4 Å². The minimum atomic E-state index is -0.463. The minimum Gasteiger partial charge on any atom is -0.464 e. The molecule has 2 aromatic rings. The number of nitrogens with one attached hydrogen (secondary N) is 1. The van der Waals surface area contributed by atoms with E-state index in [1.807, 2.05) is 6.07 Å². The second-order valence-electron chi connectivity index (χ2n) is 6.04. The Hall–Kier alpha value is -2.63. The molecule has 0 amide bonds. The van der Waals surface area contributed by atoms with Gasteiger partial charge in [0.15, 0.2) is 11.5 Å². The summed E-state index contributed by atoms with van der Waals surface area (Å²) in [5.41, 5.74) is 2.67. The summed E-state index contributed by atoms with van der Waals surface area (Å²) in [6, 6.07) is 12.4. The molecule has 1 fully saturated rings. The summed E-state index contributed by atoms with van der Waals surface area (Å²) >= 11 is 0. The third kappa shape index (κ3) is 3.82. The van der Waals surface area contributed by atoms with E-state index in [1.54, 1.807) is 6.07 Å². The van der Waals surface area contributed by atoms with Crippen LogP contribution in [0.25, 0.3) is 0 Å². The molecular formula is C18H22N4O2. The highest BCUT2D eigenvalue weighted by molar-refractivity contribution is 5.86. The van der Waals surface area contributed by atoms with Gasteiger partial charge in [0.2, 0.25) is 0 Å². The topological polar surface area (TPSA) is 67.3 Å². The average molecular weight is 326 g/mol. The van der Waals surface area contributed by atoms with Crippen molar-refractivity contribution in [1.29, 1.82) is 0 Å². The molecule has 1 aliphatic heterocycles. The van der Waals surface area contributed by atoms with Crippen molar-refractivity contribution >= 4 is 17.5 Å². The highest BCUT2D eigenvalue weighted by atomic mass is 16.5. The predicted molar refractivity (Wildman–Crippen MR) is 93.4 cm³/mol. The lowest BCUT2D eigenvalue weighted by Gasteiger charge is -2.33. The van der Waals surface area contributed by atoms with E-state index < -0.39 is 5.97 Å². The number of rotatable bonds is 4. The van der Waals surface area contributed by atoms with Crippen molar-refractivity contribution in [2.45, 2.75) is 25.8 Å². The molecule has 0 aliphatic carbocycles. The molecule has 3 rings (SSSR count). The molecule has 1 N–H and O–H groups in total. The smallest absolute Gasteiger partial charge is 0.358 e. The summed E-state index contributed by atoms with van der Waals surface area (Å²) in [5.74, 6) is 0.340. The Balaban J connectivity index is 1.56. The van der Waals surface area contributed by atoms with Crippen LogP contribution in [0.4, 0.5) is 11.5 Å². The van der Waals surface area contributed by atoms with E-state index >= 15 is 0 Å². The minimum absolute atomic E-state index is 0.234. The lowest BCUT2D eigenvalue weighted by Crippen LogP contribution is -2.39. The molecule has 0 bridgehead atoms. The van der Waals surface area contributed by atoms with E-state index in [9.17, 15) is 4.79 Å². The quantitative estimate of drug-likeness (QED) is 0.871. The Morgan fingerprint density at radius 2 is 2.00 bits per heavy atom. The number of ether oxygens (including phenoxy) is 1. The number of anilines is 2. The zero-order valence-electron chi connectivity index (χ0n) is 14.0. The molecule has 6 heteroatoms. The summed E-state index contributed by atoms with van der Waals surface area (Å²) in [4.78, 5) is 13.6. The highest BCUT2D eigenvalue weighted by Gasteiger charge is 2.20. The fourth-order valence-corrected chi connectivity index (χ4v) is 2.93. The van der Waals surface area contributed by atoms with E-state index in [0.29, 0.717) is 6.04 Å². The standard InChI is InChI=1S/C18H22N4O2/c1-13-4-3-5-15(12-13)19-14-8-10-22(11-9-14)17-7-6-16(20-21-17)18(23)24-2/h3-7,12,14,19H,8-11H2,1-2H3. The van der Waals surface area contributed by atoms with Gasteiger partial charge in [-0.25, -0.2) is 4.79 Å². The van der Waals surface area contributed by atoms with Crippen LogP contribution in [0.1, 0.15) is 28.9 Å².